The number of aliphatic hydroxyl groups is 1. The second-order valence-electron chi connectivity index (χ2n) is 6.88. The minimum atomic E-state index is -0.484. The predicted octanol–water partition coefficient (Wildman–Crippen LogP) is 3.88. The molecule has 4 atom stereocenters. The van der Waals surface area contributed by atoms with Gasteiger partial charge in [0, 0.05) is 0 Å². The van der Waals surface area contributed by atoms with Crippen LogP contribution in [-0.4, -0.2) is 16.3 Å². The average molecular weight is 278 g/mol. The Labute approximate surface area is 119 Å². The zero-order valence-electron chi connectivity index (χ0n) is 12.2. The third-order valence-electron chi connectivity index (χ3n) is 5.93. The smallest absolute Gasteiger partial charge is 0.167 e. The Morgan fingerprint density at radius 1 is 1.25 bits per heavy atom. The Kier molecular flexibility index (Phi) is 3.28. The Hall–Kier alpha value is -1.09. The first-order chi connectivity index (χ1) is 9.43. The van der Waals surface area contributed by atoms with Gasteiger partial charge in [-0.3, -0.25) is 0 Å². The fourth-order valence-electron chi connectivity index (χ4n) is 4.41. The van der Waals surface area contributed by atoms with Crippen molar-refractivity contribution in [3.8, 4) is 5.75 Å². The Balaban J connectivity index is 1.86. The Morgan fingerprint density at radius 3 is 2.75 bits per heavy atom. The number of aliphatic hydroxyl groups excluding tert-OH is 1. The van der Waals surface area contributed by atoms with Crippen LogP contribution in [0.25, 0.3) is 0 Å². The predicted molar refractivity (Wildman–Crippen MR) is 76.2 cm³/mol. The van der Waals surface area contributed by atoms with Gasteiger partial charge >= 0.3 is 0 Å². The number of halogens is 1. The van der Waals surface area contributed by atoms with Crippen LogP contribution in [0.15, 0.2) is 12.1 Å². The van der Waals surface area contributed by atoms with Gasteiger partial charge in [-0.05, 0) is 73.5 Å². The fraction of sp³-hybridized carbons (Fsp3) is 0.647. The first-order valence-electron chi connectivity index (χ1n) is 7.59. The lowest BCUT2D eigenvalue weighted by Crippen LogP contribution is -2.37. The summed E-state index contributed by atoms with van der Waals surface area (Å²) in [7, 11) is 0. The number of hydrogen-bond donors (Lipinski definition) is 2. The molecule has 0 aliphatic heterocycles. The quantitative estimate of drug-likeness (QED) is 0.818. The molecule has 0 bridgehead atoms. The van der Waals surface area contributed by atoms with E-state index in [1.807, 2.05) is 6.07 Å². The van der Waals surface area contributed by atoms with Gasteiger partial charge in [-0.1, -0.05) is 13.0 Å². The molecule has 0 heterocycles. The van der Waals surface area contributed by atoms with Gasteiger partial charge in [0.15, 0.2) is 11.6 Å². The van der Waals surface area contributed by atoms with Gasteiger partial charge in [0.25, 0.3) is 0 Å². The van der Waals surface area contributed by atoms with Gasteiger partial charge in [0.2, 0.25) is 0 Å². The topological polar surface area (TPSA) is 40.5 Å². The third kappa shape index (κ3) is 1.95. The van der Waals surface area contributed by atoms with Gasteiger partial charge in [-0.15, -0.1) is 0 Å². The van der Waals surface area contributed by atoms with Crippen LogP contribution >= 0.6 is 0 Å². The van der Waals surface area contributed by atoms with Crippen LogP contribution in [-0.2, 0) is 0 Å². The number of fused-ring (bicyclic) bond motifs is 1. The largest absolute Gasteiger partial charge is 0.505 e. The molecule has 3 rings (SSSR count). The van der Waals surface area contributed by atoms with Gasteiger partial charge < -0.3 is 10.2 Å². The van der Waals surface area contributed by atoms with Crippen molar-refractivity contribution in [1.82, 2.24) is 0 Å². The summed E-state index contributed by atoms with van der Waals surface area (Å²) in [6, 6.07) is 3.33. The lowest BCUT2D eigenvalue weighted by Gasteiger charge is -2.42. The molecule has 2 fully saturated rings. The maximum absolute atomic E-state index is 13.9. The second kappa shape index (κ2) is 4.73. The van der Waals surface area contributed by atoms with E-state index < -0.39 is 5.82 Å². The summed E-state index contributed by atoms with van der Waals surface area (Å²) >= 11 is 0. The van der Waals surface area contributed by atoms with Crippen molar-refractivity contribution in [3.63, 3.8) is 0 Å². The summed E-state index contributed by atoms with van der Waals surface area (Å²) in [5.74, 6) is 0.145. The zero-order chi connectivity index (χ0) is 14.5. The SMILES string of the molecule is Cc1c([C@H]2CC[C@@]3(C)[C@@H](CC[C@@H]3O)C2)ccc(O)c1F. The van der Waals surface area contributed by atoms with E-state index in [1.165, 1.54) is 6.07 Å². The molecule has 2 N–H and O–H groups in total. The summed E-state index contributed by atoms with van der Waals surface area (Å²) in [6.07, 6.45) is 4.83. The minimum absolute atomic E-state index is 0.0554. The minimum Gasteiger partial charge on any atom is -0.505 e. The molecule has 0 spiro atoms. The van der Waals surface area contributed by atoms with Gasteiger partial charge in [0.05, 0.1) is 6.10 Å². The van der Waals surface area contributed by atoms with E-state index in [-0.39, 0.29) is 17.3 Å². The fourth-order valence-corrected chi connectivity index (χ4v) is 4.41. The summed E-state index contributed by atoms with van der Waals surface area (Å²) < 4.78 is 13.9. The molecule has 3 heteroatoms. The monoisotopic (exact) mass is 278 g/mol. The van der Waals surface area contributed by atoms with Crippen molar-refractivity contribution in [2.75, 3.05) is 0 Å². The van der Waals surface area contributed by atoms with Crippen LogP contribution in [0.4, 0.5) is 4.39 Å². The third-order valence-corrected chi connectivity index (χ3v) is 5.93. The molecule has 2 aliphatic carbocycles. The molecule has 0 aromatic heterocycles. The lowest BCUT2D eigenvalue weighted by molar-refractivity contribution is 0.00864. The van der Waals surface area contributed by atoms with Crippen molar-refractivity contribution < 1.29 is 14.6 Å². The molecule has 2 saturated carbocycles. The van der Waals surface area contributed by atoms with Crippen LogP contribution in [0.2, 0.25) is 0 Å². The lowest BCUT2D eigenvalue weighted by atomic mass is 9.64. The van der Waals surface area contributed by atoms with Gasteiger partial charge in [0.1, 0.15) is 0 Å². The zero-order valence-corrected chi connectivity index (χ0v) is 12.2. The van der Waals surface area contributed by atoms with Crippen LogP contribution in [0.3, 0.4) is 0 Å². The van der Waals surface area contributed by atoms with Crippen LogP contribution in [0.1, 0.15) is 56.1 Å². The number of benzene rings is 1. The normalized spacial score (nSPS) is 36.9. The Morgan fingerprint density at radius 2 is 2.00 bits per heavy atom. The summed E-state index contributed by atoms with van der Waals surface area (Å²) in [5, 5.41) is 19.6. The summed E-state index contributed by atoms with van der Waals surface area (Å²) in [6.45, 7) is 3.96. The molecular formula is C17H23FO2. The van der Waals surface area contributed by atoms with Crippen molar-refractivity contribution in [2.45, 2.75) is 58.0 Å². The molecule has 2 aliphatic rings. The molecule has 2 nitrogen and oxygen atoms in total. The highest BCUT2D eigenvalue weighted by Gasteiger charge is 2.49. The number of hydrogen-bond acceptors (Lipinski definition) is 2. The molecule has 20 heavy (non-hydrogen) atoms. The number of phenols is 1. The van der Waals surface area contributed by atoms with Crippen molar-refractivity contribution >= 4 is 0 Å². The number of aromatic hydroxyl groups is 1. The first-order valence-corrected chi connectivity index (χ1v) is 7.59. The van der Waals surface area contributed by atoms with E-state index in [0.717, 1.165) is 37.7 Å². The highest BCUT2D eigenvalue weighted by atomic mass is 19.1. The molecule has 0 saturated heterocycles. The van der Waals surface area contributed by atoms with E-state index in [2.05, 4.69) is 6.92 Å². The maximum Gasteiger partial charge on any atom is 0.167 e. The van der Waals surface area contributed by atoms with Gasteiger partial charge in [-0.25, -0.2) is 4.39 Å². The van der Waals surface area contributed by atoms with Crippen LogP contribution in [0.5, 0.6) is 5.75 Å². The second-order valence-corrected chi connectivity index (χ2v) is 6.88. The molecule has 1 aromatic carbocycles. The summed E-state index contributed by atoms with van der Waals surface area (Å²) in [5.41, 5.74) is 1.67. The summed E-state index contributed by atoms with van der Waals surface area (Å²) in [4.78, 5) is 0. The van der Waals surface area contributed by atoms with Gasteiger partial charge in [-0.2, -0.15) is 0 Å². The van der Waals surface area contributed by atoms with E-state index >= 15 is 0 Å². The van der Waals surface area contributed by atoms with Crippen LogP contribution in [0, 0.1) is 24.1 Å². The molecule has 1 aromatic rings. The van der Waals surface area contributed by atoms with Crippen molar-refractivity contribution in [1.29, 1.82) is 0 Å². The van der Waals surface area contributed by atoms with E-state index in [1.54, 1.807) is 6.92 Å². The Bertz CT molecular complexity index is 528. The highest BCUT2D eigenvalue weighted by molar-refractivity contribution is 5.38. The molecular weight excluding hydrogens is 255 g/mol. The molecule has 0 unspecified atom stereocenters. The van der Waals surface area contributed by atoms with E-state index in [4.69, 9.17) is 0 Å². The number of rotatable bonds is 1. The van der Waals surface area contributed by atoms with E-state index in [9.17, 15) is 14.6 Å². The number of phenolic OH excluding ortho intramolecular Hbond substituents is 1. The van der Waals surface area contributed by atoms with Crippen molar-refractivity contribution in [2.24, 2.45) is 11.3 Å². The molecule has 0 radical (unpaired) electrons. The van der Waals surface area contributed by atoms with E-state index in [0.29, 0.717) is 17.4 Å². The maximum atomic E-state index is 13.9. The molecule has 110 valence electrons. The standard InChI is InChI=1S/C17H23FO2/c1-10-13(4-5-14(19)16(10)18)11-7-8-17(2)12(9-11)3-6-15(17)20/h4-5,11-12,15,19-20H,3,6-9H2,1-2H3/t11-,12-,15-,17-/m0/s1. The molecule has 0 amide bonds. The van der Waals surface area contributed by atoms with Crippen molar-refractivity contribution in [3.05, 3.63) is 29.1 Å². The highest BCUT2D eigenvalue weighted by Crippen LogP contribution is 2.55. The van der Waals surface area contributed by atoms with Crippen LogP contribution < -0.4 is 0 Å². The first kappa shape index (κ1) is 13.9. The average Bonchev–Trinajstić information content (AvgIpc) is 2.72.